The zero-order chi connectivity index (χ0) is 0. The fourth-order valence-electron chi connectivity index (χ4n) is 0. The van der Waals surface area contributed by atoms with Gasteiger partial charge in [0.15, 0.2) is 0 Å². The van der Waals surface area contributed by atoms with Gasteiger partial charge in [-0.1, -0.05) is 0 Å². The summed E-state index contributed by atoms with van der Waals surface area (Å²) in [5, 5.41) is 0. The Morgan fingerprint density at radius 3 is 0.333 bits per heavy atom. The van der Waals surface area contributed by atoms with Gasteiger partial charge in [-0.25, -0.2) is 0 Å². The fraction of sp³-hybridized carbons (Fsp3) is 0. The molecule has 0 saturated carbocycles. The van der Waals surface area contributed by atoms with Crippen molar-refractivity contribution >= 4 is 0 Å². The molecule has 0 radical (unpaired) electrons. The molecule has 0 aliphatic heterocycles. The summed E-state index contributed by atoms with van der Waals surface area (Å²) in [6, 6.07) is 0. The van der Waals surface area contributed by atoms with E-state index in [2.05, 4.69) is 0 Å². The van der Waals surface area contributed by atoms with E-state index in [0.29, 0.717) is 0 Å². The Labute approximate surface area is 63.5 Å². The molecule has 0 rings (SSSR count). The molecule has 0 aliphatic carbocycles. The molecule has 0 nitrogen and oxygen atoms in total. The normalized spacial score (nSPS) is 0. The molecule has 0 bridgehead atoms. The largest absolute Gasteiger partial charge is 0.358 e. The van der Waals surface area contributed by atoms with Gasteiger partial charge in [0, 0.05) is 26.2 Å². The van der Waals surface area contributed by atoms with Crippen LogP contribution >= 0.6 is 0 Å². The maximum atomic E-state index is 0. The second-order valence-corrected chi connectivity index (χ2v) is 0. The van der Waals surface area contributed by atoms with Crippen LogP contribution in [0.25, 0.3) is 0 Å². The standard InChI is InChI=1S/5CH3.Zr/h5*1H3;/q5*-1;. The molecule has 0 saturated heterocycles. The molecule has 0 aliphatic rings. The van der Waals surface area contributed by atoms with Crippen molar-refractivity contribution in [2.24, 2.45) is 0 Å². The average molecular weight is 166 g/mol. The SMILES string of the molecule is [CH3-].[CH3-].[CH3-].[CH3-].[CH3-].[Zr]. The Hall–Kier alpha value is 0.883. The van der Waals surface area contributed by atoms with E-state index in [1.807, 2.05) is 0 Å². The second-order valence-electron chi connectivity index (χ2n) is 0. The monoisotopic (exact) mass is 165 g/mol. The molecule has 0 atom stereocenters. The summed E-state index contributed by atoms with van der Waals surface area (Å²) < 4.78 is 0. The van der Waals surface area contributed by atoms with Crippen LogP contribution in [0.5, 0.6) is 0 Å². The van der Waals surface area contributed by atoms with Gasteiger partial charge in [-0.05, 0) is 0 Å². The summed E-state index contributed by atoms with van der Waals surface area (Å²) >= 11 is 0. The minimum atomic E-state index is 0. The zero-order valence-electron chi connectivity index (χ0n) is 5.50. The first kappa shape index (κ1) is 305. The molecule has 44 valence electrons. The second kappa shape index (κ2) is 180. The van der Waals surface area contributed by atoms with Gasteiger partial charge in [-0.2, -0.15) is 0 Å². The molecule has 0 spiro atoms. The van der Waals surface area contributed by atoms with Gasteiger partial charge in [0.25, 0.3) is 0 Å². The number of hydrogen-bond donors (Lipinski definition) is 0. The molecule has 0 amide bonds. The summed E-state index contributed by atoms with van der Waals surface area (Å²) in [5.41, 5.74) is 0. The Morgan fingerprint density at radius 1 is 0.333 bits per heavy atom. The van der Waals surface area contributed by atoms with Crippen LogP contribution in [0.1, 0.15) is 0 Å². The quantitative estimate of drug-likeness (QED) is 0.484. The van der Waals surface area contributed by atoms with Gasteiger partial charge in [-0.15, -0.1) is 0 Å². The Morgan fingerprint density at radius 2 is 0.333 bits per heavy atom. The van der Waals surface area contributed by atoms with E-state index < -0.39 is 0 Å². The number of rotatable bonds is 0. The maximum absolute atomic E-state index is 0. The molecule has 0 heterocycles. The van der Waals surface area contributed by atoms with Crippen LogP contribution in [0.2, 0.25) is 0 Å². The smallest absolute Gasteiger partial charge is 0 e. The van der Waals surface area contributed by atoms with Crippen LogP contribution in [0, 0.1) is 37.1 Å². The molecule has 0 N–H and O–H groups in total. The van der Waals surface area contributed by atoms with Gasteiger partial charge < -0.3 is 37.1 Å². The van der Waals surface area contributed by atoms with Crippen molar-refractivity contribution < 1.29 is 26.2 Å². The molecular weight excluding hydrogens is 151 g/mol. The Balaban J connectivity index is 0. The minimum Gasteiger partial charge on any atom is -0.358 e. The predicted molar refractivity (Wildman–Crippen MR) is 32.1 cm³/mol. The average Bonchev–Trinajstić information content (AvgIpc) is 0. The van der Waals surface area contributed by atoms with Gasteiger partial charge in [0.2, 0.25) is 0 Å². The first-order chi connectivity index (χ1) is 0. The van der Waals surface area contributed by atoms with Crippen molar-refractivity contribution in [3.8, 4) is 0 Å². The van der Waals surface area contributed by atoms with E-state index in [0.717, 1.165) is 0 Å². The van der Waals surface area contributed by atoms with Crippen molar-refractivity contribution in [2.75, 3.05) is 0 Å². The molecule has 1 heteroatoms. The third-order valence-corrected chi connectivity index (χ3v) is 0. The maximum Gasteiger partial charge on any atom is 0 e. The molecule has 0 aromatic heterocycles. The van der Waals surface area contributed by atoms with Crippen LogP contribution < -0.4 is 0 Å². The van der Waals surface area contributed by atoms with Crippen molar-refractivity contribution in [3.63, 3.8) is 0 Å². The van der Waals surface area contributed by atoms with Gasteiger partial charge in [-0.3, -0.25) is 0 Å². The van der Waals surface area contributed by atoms with Crippen molar-refractivity contribution in [1.29, 1.82) is 0 Å². The first-order valence-corrected chi connectivity index (χ1v) is 0. The van der Waals surface area contributed by atoms with E-state index in [4.69, 9.17) is 0 Å². The Kier molecular flexibility index (Phi) is 9160. The summed E-state index contributed by atoms with van der Waals surface area (Å²) in [5.74, 6) is 0. The third kappa shape index (κ3) is 94.4. The van der Waals surface area contributed by atoms with E-state index in [1.165, 1.54) is 0 Å². The molecule has 0 aromatic carbocycles. The molecule has 0 fully saturated rings. The van der Waals surface area contributed by atoms with Crippen LogP contribution in [0.4, 0.5) is 0 Å². The van der Waals surface area contributed by atoms with E-state index in [9.17, 15) is 0 Å². The van der Waals surface area contributed by atoms with E-state index >= 15 is 0 Å². The van der Waals surface area contributed by atoms with Crippen LogP contribution in [-0.4, -0.2) is 0 Å². The fourth-order valence-corrected chi connectivity index (χ4v) is 0. The first-order valence-electron chi connectivity index (χ1n) is 0. The van der Waals surface area contributed by atoms with Crippen LogP contribution in [0.15, 0.2) is 0 Å². The Bertz CT molecular complexity index is 3.90. The summed E-state index contributed by atoms with van der Waals surface area (Å²) in [7, 11) is 0. The predicted octanol–water partition coefficient (Wildman–Crippen LogP) is 2.25. The molecule has 0 unspecified atom stereocenters. The topological polar surface area (TPSA) is 0 Å². The third-order valence-electron chi connectivity index (χ3n) is 0. The summed E-state index contributed by atoms with van der Waals surface area (Å²) in [4.78, 5) is 0. The van der Waals surface area contributed by atoms with Crippen LogP contribution in [-0.2, 0) is 26.2 Å². The summed E-state index contributed by atoms with van der Waals surface area (Å²) in [6.07, 6.45) is 0. The summed E-state index contributed by atoms with van der Waals surface area (Å²) in [6.45, 7) is 0. The van der Waals surface area contributed by atoms with Gasteiger partial charge in [0.05, 0.1) is 0 Å². The van der Waals surface area contributed by atoms with Crippen molar-refractivity contribution in [3.05, 3.63) is 37.1 Å². The zero-order valence-corrected chi connectivity index (χ0v) is 7.96. The van der Waals surface area contributed by atoms with Gasteiger partial charge in [0.1, 0.15) is 0 Å². The van der Waals surface area contributed by atoms with E-state index in [-0.39, 0.29) is 63.3 Å². The minimum absolute atomic E-state index is 0. The van der Waals surface area contributed by atoms with Crippen molar-refractivity contribution in [2.45, 2.75) is 0 Å². The van der Waals surface area contributed by atoms with Crippen LogP contribution in [0.3, 0.4) is 0 Å². The molecule has 6 heavy (non-hydrogen) atoms. The number of hydrogen-bond acceptors (Lipinski definition) is 0. The molecular formula is C5H15Zr-5. The van der Waals surface area contributed by atoms with E-state index in [1.54, 1.807) is 0 Å². The van der Waals surface area contributed by atoms with Gasteiger partial charge >= 0.3 is 0 Å². The van der Waals surface area contributed by atoms with Crippen molar-refractivity contribution in [1.82, 2.24) is 0 Å². The molecule has 0 aromatic rings.